The quantitative estimate of drug-likeness (QED) is 0.177. The van der Waals surface area contributed by atoms with E-state index in [4.69, 9.17) is 24.3 Å². The molecule has 2 aliphatic rings. The Bertz CT molecular complexity index is 1570. The molecule has 13 heteroatoms. The van der Waals surface area contributed by atoms with Crippen LogP contribution in [0.5, 0.6) is 5.75 Å². The van der Waals surface area contributed by atoms with E-state index in [1.54, 1.807) is 24.7 Å². The second kappa shape index (κ2) is 10.8. The summed E-state index contributed by atoms with van der Waals surface area (Å²) < 4.78 is 18.0. The number of hydrogen-bond acceptors (Lipinski definition) is 9. The molecule has 0 bridgehead atoms. The van der Waals surface area contributed by atoms with Crippen LogP contribution in [0.25, 0.3) is 22.3 Å². The molecule has 0 unspecified atom stereocenters. The fourth-order valence-corrected chi connectivity index (χ4v) is 5.08. The minimum Gasteiger partial charge on any atom is -0.497 e. The number of nitrogens with zero attached hydrogens (tertiary/aromatic N) is 2. The maximum Gasteiger partial charge on any atom is 0.408 e. The van der Waals surface area contributed by atoms with Crippen LogP contribution in [0.15, 0.2) is 35.1 Å². The molecule has 0 saturated heterocycles. The number of carboxylic acid groups (broad SMARTS) is 1. The van der Waals surface area contributed by atoms with Crippen molar-refractivity contribution in [1.82, 2.24) is 25.5 Å². The zero-order chi connectivity index (χ0) is 28.4. The summed E-state index contributed by atoms with van der Waals surface area (Å²) in [5.41, 5.74) is 1.13. The van der Waals surface area contributed by atoms with Gasteiger partial charge in [0, 0.05) is 42.7 Å². The Hall–Kier alpha value is -4.65. The number of ether oxygens (including phenoxy) is 3. The van der Waals surface area contributed by atoms with Crippen LogP contribution in [-0.2, 0) is 33.0 Å². The number of aromatic nitrogens is 2. The first-order valence-electron chi connectivity index (χ1n) is 12.8. The normalized spacial score (nSPS) is 16.9. The molecule has 5 rings (SSSR count). The number of carbonyl (C=O) groups excluding carboxylic acids is 2. The van der Waals surface area contributed by atoms with E-state index in [0.717, 1.165) is 16.5 Å². The number of methoxy groups -OCH3 is 1. The Labute approximate surface area is 228 Å². The first kappa shape index (κ1) is 26.9. The molecule has 0 radical (unpaired) electrons. The number of cyclic esters (lactones) is 1. The van der Waals surface area contributed by atoms with E-state index >= 15 is 0 Å². The largest absolute Gasteiger partial charge is 0.497 e. The average Bonchev–Trinajstić information content (AvgIpc) is 3.30. The molecule has 3 aromatic rings. The van der Waals surface area contributed by atoms with Crippen LogP contribution in [0.1, 0.15) is 30.0 Å². The second-order valence-electron chi connectivity index (χ2n) is 9.42. The summed E-state index contributed by atoms with van der Waals surface area (Å²) in [4.78, 5) is 54.8. The predicted octanol–water partition coefficient (Wildman–Crippen LogP) is 1.68. The summed E-state index contributed by atoms with van der Waals surface area (Å²) in [7, 11) is 1.59. The average molecular weight is 552 g/mol. The number of nitrogens with one attached hydrogen (secondary N) is 3. The van der Waals surface area contributed by atoms with Crippen molar-refractivity contribution in [2.24, 2.45) is 0 Å². The molecule has 2 aromatic heterocycles. The number of carbonyl (C=O) groups is 3. The molecule has 1 atom stereocenters. The van der Waals surface area contributed by atoms with Crippen molar-refractivity contribution < 1.29 is 33.7 Å². The molecule has 2 amide bonds. The lowest BCUT2D eigenvalue weighted by Crippen LogP contribution is -2.49. The molecule has 0 aliphatic carbocycles. The molecular formula is C27H29N5O8. The minimum atomic E-state index is -1.81. The molecule has 13 nitrogen and oxygen atoms in total. The highest BCUT2D eigenvalue weighted by Gasteiger charge is 2.50. The van der Waals surface area contributed by atoms with E-state index in [1.165, 1.54) is 0 Å². The van der Waals surface area contributed by atoms with Gasteiger partial charge in [-0.05, 0) is 36.8 Å². The van der Waals surface area contributed by atoms with Gasteiger partial charge in [0.05, 0.1) is 36.1 Å². The maximum atomic E-state index is 13.6. The van der Waals surface area contributed by atoms with E-state index in [2.05, 4.69) is 16.0 Å². The number of pyridine rings is 2. The van der Waals surface area contributed by atoms with Crippen LogP contribution < -0.4 is 26.2 Å². The van der Waals surface area contributed by atoms with Gasteiger partial charge >= 0.3 is 18.2 Å². The zero-order valence-corrected chi connectivity index (χ0v) is 22.0. The number of benzene rings is 1. The SMILES string of the molecule is CC[C@@]1(OC(=O)NCCNCCNC(=O)O)C(=O)OCc2c1cc1n(c2=O)Cc2cc3cc(OC)ccc3nc2-1. The standard InChI is InChI=1S/C27H29N5O8/c1-3-27(40-26(37)30-9-7-28-6-8-29-25(35)36)19-12-21-22-16(10-15-11-17(38-2)4-5-20(15)31-22)13-32(21)23(33)18(19)14-39-24(27)34/h4-5,10-12,28-29H,3,6-9,13-14H2,1-2H3,(H,30,37)(H,35,36)/t27-/m0/s1. The van der Waals surface area contributed by atoms with Crippen molar-refractivity contribution in [2.75, 3.05) is 33.3 Å². The van der Waals surface area contributed by atoms with E-state index in [1.807, 2.05) is 24.3 Å². The molecule has 40 heavy (non-hydrogen) atoms. The summed E-state index contributed by atoms with van der Waals surface area (Å²) in [5.74, 6) is -0.0566. The Morgan fingerprint density at radius 3 is 2.62 bits per heavy atom. The summed E-state index contributed by atoms with van der Waals surface area (Å²) in [5, 5.41) is 17.2. The Morgan fingerprint density at radius 2 is 1.90 bits per heavy atom. The van der Waals surface area contributed by atoms with Gasteiger partial charge in [-0.3, -0.25) is 4.79 Å². The molecule has 2 aliphatic heterocycles. The van der Waals surface area contributed by atoms with Crippen molar-refractivity contribution >= 4 is 29.1 Å². The van der Waals surface area contributed by atoms with E-state index < -0.39 is 23.8 Å². The summed E-state index contributed by atoms with van der Waals surface area (Å²) in [6.45, 7) is 2.84. The first-order chi connectivity index (χ1) is 19.3. The van der Waals surface area contributed by atoms with Gasteiger partial charge < -0.3 is 39.8 Å². The molecule has 4 heterocycles. The third-order valence-electron chi connectivity index (χ3n) is 7.10. The predicted molar refractivity (Wildman–Crippen MR) is 142 cm³/mol. The highest BCUT2D eigenvalue weighted by Crippen LogP contribution is 2.41. The van der Waals surface area contributed by atoms with Gasteiger partial charge in [-0.25, -0.2) is 19.4 Å². The topological polar surface area (TPSA) is 170 Å². The van der Waals surface area contributed by atoms with Gasteiger partial charge in [0.1, 0.15) is 12.4 Å². The van der Waals surface area contributed by atoms with Gasteiger partial charge in [-0.2, -0.15) is 0 Å². The van der Waals surface area contributed by atoms with Gasteiger partial charge in [0.25, 0.3) is 5.56 Å². The Balaban J connectivity index is 1.41. The van der Waals surface area contributed by atoms with Crippen molar-refractivity contribution in [1.29, 1.82) is 0 Å². The van der Waals surface area contributed by atoms with Crippen molar-refractivity contribution in [2.45, 2.75) is 32.1 Å². The van der Waals surface area contributed by atoms with Crippen molar-refractivity contribution in [3.05, 3.63) is 57.4 Å². The Morgan fingerprint density at radius 1 is 1.12 bits per heavy atom. The van der Waals surface area contributed by atoms with Gasteiger partial charge in [0.2, 0.25) is 5.60 Å². The number of esters is 1. The van der Waals surface area contributed by atoms with E-state index in [9.17, 15) is 19.2 Å². The van der Waals surface area contributed by atoms with E-state index in [0.29, 0.717) is 42.3 Å². The lowest BCUT2D eigenvalue weighted by atomic mass is 9.85. The second-order valence-corrected chi connectivity index (χ2v) is 9.42. The van der Waals surface area contributed by atoms with Crippen LogP contribution in [-0.4, -0.2) is 66.1 Å². The number of alkyl carbamates (subject to hydrolysis) is 1. The molecule has 1 aromatic carbocycles. The van der Waals surface area contributed by atoms with Crippen LogP contribution in [0.3, 0.4) is 0 Å². The molecule has 4 N–H and O–H groups in total. The van der Waals surface area contributed by atoms with Crippen molar-refractivity contribution in [3.63, 3.8) is 0 Å². The summed E-state index contributed by atoms with van der Waals surface area (Å²) >= 11 is 0. The molecular weight excluding hydrogens is 522 g/mol. The van der Waals surface area contributed by atoms with Gasteiger partial charge in [0.15, 0.2) is 0 Å². The molecule has 0 spiro atoms. The molecule has 210 valence electrons. The number of fused-ring (bicyclic) bond motifs is 5. The van der Waals surface area contributed by atoms with Crippen LogP contribution in [0.2, 0.25) is 0 Å². The highest BCUT2D eigenvalue weighted by atomic mass is 16.6. The first-order valence-corrected chi connectivity index (χ1v) is 12.8. The third-order valence-corrected chi connectivity index (χ3v) is 7.10. The monoisotopic (exact) mass is 551 g/mol. The fourth-order valence-electron chi connectivity index (χ4n) is 5.08. The number of amides is 2. The van der Waals surface area contributed by atoms with Gasteiger partial charge in [-0.15, -0.1) is 0 Å². The minimum absolute atomic E-state index is 0.0477. The van der Waals surface area contributed by atoms with E-state index in [-0.39, 0.29) is 37.2 Å². The molecule has 0 fully saturated rings. The third kappa shape index (κ3) is 4.79. The van der Waals surface area contributed by atoms with Crippen LogP contribution in [0, 0.1) is 0 Å². The zero-order valence-electron chi connectivity index (χ0n) is 22.0. The maximum absolute atomic E-state index is 13.6. The smallest absolute Gasteiger partial charge is 0.408 e. The summed E-state index contributed by atoms with van der Waals surface area (Å²) in [6, 6.07) is 9.20. The Kier molecular flexibility index (Phi) is 7.30. The van der Waals surface area contributed by atoms with Gasteiger partial charge in [-0.1, -0.05) is 6.92 Å². The van der Waals surface area contributed by atoms with Crippen LogP contribution in [0.4, 0.5) is 9.59 Å². The fraction of sp³-hybridized carbons (Fsp3) is 0.370. The lowest BCUT2D eigenvalue weighted by Gasteiger charge is -2.35. The van der Waals surface area contributed by atoms with Crippen molar-refractivity contribution in [3.8, 4) is 17.1 Å². The number of hydrogen-bond donors (Lipinski definition) is 4. The lowest BCUT2D eigenvalue weighted by molar-refractivity contribution is -0.172. The summed E-state index contributed by atoms with van der Waals surface area (Å²) in [6.07, 6.45) is -1.92. The van der Waals surface area contributed by atoms with Crippen LogP contribution >= 0.6 is 0 Å². The molecule has 0 saturated carbocycles. The number of rotatable bonds is 9. The highest BCUT2D eigenvalue weighted by molar-refractivity contribution is 5.88.